The number of hydrogen-bond acceptors (Lipinski definition) is 2. The van der Waals surface area contributed by atoms with Crippen LogP contribution in [0.5, 0.6) is 0 Å². The molecule has 0 heterocycles. The van der Waals surface area contributed by atoms with Crippen LogP contribution < -0.4 is 5.73 Å². The average molecular weight is 237 g/mol. The Labute approximate surface area is 103 Å². The van der Waals surface area contributed by atoms with Crippen molar-refractivity contribution in [3.8, 4) is 0 Å². The summed E-state index contributed by atoms with van der Waals surface area (Å²) in [6, 6.07) is 0. The van der Waals surface area contributed by atoms with Gasteiger partial charge in [0.1, 0.15) is 5.54 Å². The Balaban J connectivity index is 1.98. The van der Waals surface area contributed by atoms with E-state index in [2.05, 4.69) is 0 Å². The third-order valence-electron chi connectivity index (χ3n) is 5.92. The van der Waals surface area contributed by atoms with Crippen LogP contribution in [0.2, 0.25) is 0 Å². The fourth-order valence-corrected chi connectivity index (χ4v) is 5.41. The molecular formula is C14H23NO2. The van der Waals surface area contributed by atoms with Gasteiger partial charge in [-0.25, -0.2) is 0 Å². The van der Waals surface area contributed by atoms with Crippen LogP contribution >= 0.6 is 0 Å². The molecule has 1 atom stereocenters. The molecule has 0 spiro atoms. The molecule has 0 aromatic heterocycles. The van der Waals surface area contributed by atoms with E-state index in [1.807, 2.05) is 6.92 Å². The maximum absolute atomic E-state index is 11.6. The Kier molecular flexibility index (Phi) is 2.35. The molecule has 4 rings (SSSR count). The fraction of sp³-hybridized carbons (Fsp3) is 0.929. The van der Waals surface area contributed by atoms with Gasteiger partial charge in [-0.3, -0.25) is 4.79 Å². The van der Waals surface area contributed by atoms with E-state index in [-0.39, 0.29) is 5.41 Å². The Morgan fingerprint density at radius 2 is 1.65 bits per heavy atom. The van der Waals surface area contributed by atoms with Gasteiger partial charge in [0, 0.05) is 0 Å². The van der Waals surface area contributed by atoms with Crippen LogP contribution in [0.4, 0.5) is 0 Å². The van der Waals surface area contributed by atoms with Gasteiger partial charge in [-0.2, -0.15) is 0 Å². The van der Waals surface area contributed by atoms with E-state index in [1.54, 1.807) is 0 Å². The number of carbonyl (C=O) groups is 1. The van der Waals surface area contributed by atoms with Gasteiger partial charge in [0.15, 0.2) is 0 Å². The van der Waals surface area contributed by atoms with Crippen LogP contribution in [0.15, 0.2) is 0 Å². The molecule has 3 heteroatoms. The van der Waals surface area contributed by atoms with E-state index in [9.17, 15) is 9.90 Å². The molecule has 0 radical (unpaired) electrons. The van der Waals surface area contributed by atoms with Crippen molar-refractivity contribution in [2.45, 2.75) is 57.4 Å². The van der Waals surface area contributed by atoms with Crippen LogP contribution in [-0.4, -0.2) is 16.6 Å². The van der Waals surface area contributed by atoms with E-state index >= 15 is 0 Å². The third kappa shape index (κ3) is 1.41. The van der Waals surface area contributed by atoms with Crippen LogP contribution in [0, 0.1) is 23.2 Å². The summed E-state index contributed by atoms with van der Waals surface area (Å²) < 4.78 is 0. The molecule has 17 heavy (non-hydrogen) atoms. The van der Waals surface area contributed by atoms with Crippen molar-refractivity contribution in [3.63, 3.8) is 0 Å². The normalized spacial score (nSPS) is 46.8. The standard InChI is InChI=1S/C14H23NO2/c1-2-14(15,12(16)17)13-6-9-3-10(7-13)5-11(4-9)8-13/h9-11H,2-8,15H2,1H3,(H,16,17). The van der Waals surface area contributed by atoms with E-state index < -0.39 is 11.5 Å². The van der Waals surface area contributed by atoms with Crippen molar-refractivity contribution >= 4 is 5.97 Å². The van der Waals surface area contributed by atoms with Crippen molar-refractivity contribution in [1.82, 2.24) is 0 Å². The Morgan fingerprint density at radius 3 is 1.94 bits per heavy atom. The van der Waals surface area contributed by atoms with E-state index in [1.165, 1.54) is 19.3 Å². The summed E-state index contributed by atoms with van der Waals surface area (Å²) in [6.07, 6.45) is 7.76. The molecule has 4 fully saturated rings. The first-order chi connectivity index (χ1) is 7.99. The first-order valence-corrected chi connectivity index (χ1v) is 7.01. The van der Waals surface area contributed by atoms with Crippen LogP contribution in [-0.2, 0) is 4.79 Å². The summed E-state index contributed by atoms with van der Waals surface area (Å²) in [5.74, 6) is 1.50. The van der Waals surface area contributed by atoms with Crippen LogP contribution in [0.1, 0.15) is 51.9 Å². The Bertz CT molecular complexity index is 317. The lowest BCUT2D eigenvalue weighted by molar-refractivity contribution is -0.162. The highest BCUT2D eigenvalue weighted by atomic mass is 16.4. The number of rotatable bonds is 3. The fourth-order valence-electron chi connectivity index (χ4n) is 5.41. The second-order valence-electron chi connectivity index (χ2n) is 6.83. The monoisotopic (exact) mass is 237 g/mol. The molecule has 4 aliphatic carbocycles. The van der Waals surface area contributed by atoms with Crippen molar-refractivity contribution in [2.24, 2.45) is 28.9 Å². The molecule has 4 bridgehead atoms. The zero-order chi connectivity index (χ0) is 12.3. The molecule has 0 saturated heterocycles. The second-order valence-corrected chi connectivity index (χ2v) is 6.83. The van der Waals surface area contributed by atoms with Crippen LogP contribution in [0.25, 0.3) is 0 Å². The molecule has 4 saturated carbocycles. The van der Waals surface area contributed by atoms with Gasteiger partial charge in [-0.15, -0.1) is 0 Å². The smallest absolute Gasteiger partial charge is 0.324 e. The number of hydrogen-bond donors (Lipinski definition) is 2. The predicted molar refractivity (Wildman–Crippen MR) is 65.5 cm³/mol. The molecule has 1 unspecified atom stereocenters. The highest BCUT2D eigenvalue weighted by Gasteiger charge is 2.61. The zero-order valence-electron chi connectivity index (χ0n) is 10.6. The zero-order valence-corrected chi connectivity index (χ0v) is 10.6. The summed E-state index contributed by atoms with van der Waals surface area (Å²) >= 11 is 0. The number of carboxylic acid groups (broad SMARTS) is 1. The van der Waals surface area contributed by atoms with Gasteiger partial charge in [0.25, 0.3) is 0 Å². The highest BCUT2D eigenvalue weighted by molar-refractivity contribution is 5.80. The minimum absolute atomic E-state index is 0.0949. The quantitative estimate of drug-likeness (QED) is 0.792. The van der Waals surface area contributed by atoms with Crippen molar-refractivity contribution in [1.29, 1.82) is 0 Å². The van der Waals surface area contributed by atoms with Gasteiger partial charge >= 0.3 is 5.97 Å². The van der Waals surface area contributed by atoms with Gasteiger partial charge in [-0.1, -0.05) is 6.92 Å². The molecule has 0 amide bonds. The first-order valence-electron chi connectivity index (χ1n) is 7.01. The molecule has 0 aliphatic heterocycles. The topological polar surface area (TPSA) is 63.3 Å². The maximum Gasteiger partial charge on any atom is 0.324 e. The molecule has 3 N–H and O–H groups in total. The van der Waals surface area contributed by atoms with Gasteiger partial charge < -0.3 is 10.8 Å². The third-order valence-corrected chi connectivity index (χ3v) is 5.92. The summed E-state index contributed by atoms with van der Waals surface area (Å²) in [6.45, 7) is 1.94. The summed E-state index contributed by atoms with van der Waals surface area (Å²) in [7, 11) is 0. The summed E-state index contributed by atoms with van der Waals surface area (Å²) in [5.41, 5.74) is 5.26. The maximum atomic E-state index is 11.6. The molecule has 96 valence electrons. The molecule has 3 nitrogen and oxygen atoms in total. The van der Waals surface area contributed by atoms with Crippen molar-refractivity contribution < 1.29 is 9.90 Å². The first kappa shape index (κ1) is 11.5. The minimum Gasteiger partial charge on any atom is -0.480 e. The van der Waals surface area contributed by atoms with E-state index in [4.69, 9.17) is 5.73 Å². The van der Waals surface area contributed by atoms with E-state index in [0.29, 0.717) is 6.42 Å². The van der Waals surface area contributed by atoms with Crippen molar-refractivity contribution in [3.05, 3.63) is 0 Å². The number of nitrogens with two attached hydrogens (primary N) is 1. The van der Waals surface area contributed by atoms with Gasteiger partial charge in [0.2, 0.25) is 0 Å². The summed E-state index contributed by atoms with van der Waals surface area (Å²) in [4.78, 5) is 11.6. The number of carboxylic acids is 1. The SMILES string of the molecule is CCC(N)(C(=O)O)C12CC3CC(CC(C3)C1)C2. The minimum atomic E-state index is -0.983. The number of aliphatic carboxylic acids is 1. The second kappa shape index (κ2) is 3.47. The van der Waals surface area contributed by atoms with E-state index in [0.717, 1.165) is 37.0 Å². The van der Waals surface area contributed by atoms with Crippen molar-refractivity contribution in [2.75, 3.05) is 0 Å². The van der Waals surface area contributed by atoms with Crippen LogP contribution in [0.3, 0.4) is 0 Å². The average Bonchev–Trinajstić information content (AvgIpc) is 2.25. The molecule has 4 aliphatic rings. The van der Waals surface area contributed by atoms with Gasteiger partial charge in [0.05, 0.1) is 0 Å². The lowest BCUT2D eigenvalue weighted by Crippen LogP contribution is -2.66. The summed E-state index contributed by atoms with van der Waals surface area (Å²) in [5, 5.41) is 9.57. The van der Waals surface area contributed by atoms with Gasteiger partial charge in [-0.05, 0) is 68.1 Å². The molecule has 0 aromatic carbocycles. The molecular weight excluding hydrogens is 214 g/mol. The Hall–Kier alpha value is -0.570. The molecule has 0 aromatic rings. The Morgan fingerprint density at radius 1 is 1.24 bits per heavy atom. The lowest BCUT2D eigenvalue weighted by Gasteiger charge is -2.61. The predicted octanol–water partition coefficient (Wildman–Crippen LogP) is 2.39. The lowest BCUT2D eigenvalue weighted by atomic mass is 9.44. The largest absolute Gasteiger partial charge is 0.480 e. The highest BCUT2D eigenvalue weighted by Crippen LogP contribution is 2.63.